The van der Waals surface area contributed by atoms with E-state index in [0.29, 0.717) is 5.92 Å². The maximum absolute atomic E-state index is 5.83. The Morgan fingerprint density at radius 1 is 1.17 bits per heavy atom. The van der Waals surface area contributed by atoms with Gasteiger partial charge in [0, 0.05) is 37.3 Å². The summed E-state index contributed by atoms with van der Waals surface area (Å²) in [7, 11) is 1.90. The lowest BCUT2D eigenvalue weighted by Crippen LogP contribution is -2.36. The standard InChI is InChI=1S/C21H24N8/c1-28-13-15(11-24-28)18-9-16-19(12-23-18)26-27-21(16)17-3-2-4-20(25-17)29-7-5-14(10-22)6-8-29/h2-4,9,11-14H,5-8,10,22H2,1H3,(H,26,27). The highest BCUT2D eigenvalue weighted by atomic mass is 15.2. The predicted octanol–water partition coefficient (Wildman–Crippen LogP) is 2.60. The molecule has 0 unspecified atom stereocenters. The van der Waals surface area contributed by atoms with Gasteiger partial charge in [-0.05, 0) is 43.5 Å². The zero-order chi connectivity index (χ0) is 19.8. The van der Waals surface area contributed by atoms with Crippen molar-refractivity contribution >= 4 is 16.7 Å². The summed E-state index contributed by atoms with van der Waals surface area (Å²) in [5.74, 6) is 1.62. The number of nitrogens with two attached hydrogens (primary N) is 1. The average Bonchev–Trinajstić information content (AvgIpc) is 3.39. The molecule has 0 bridgehead atoms. The number of rotatable bonds is 4. The zero-order valence-corrected chi connectivity index (χ0v) is 16.4. The van der Waals surface area contributed by atoms with Crippen molar-refractivity contribution in [1.82, 2.24) is 29.9 Å². The molecule has 0 aliphatic carbocycles. The molecule has 5 rings (SSSR count). The molecule has 1 aliphatic rings. The third kappa shape index (κ3) is 3.36. The molecule has 0 amide bonds. The molecule has 0 aromatic carbocycles. The molecule has 8 nitrogen and oxygen atoms in total. The third-order valence-electron chi connectivity index (χ3n) is 5.70. The van der Waals surface area contributed by atoms with Crippen molar-refractivity contribution in [3.05, 3.63) is 42.9 Å². The van der Waals surface area contributed by atoms with Gasteiger partial charge in [-0.1, -0.05) is 6.07 Å². The Hall–Kier alpha value is -3.26. The van der Waals surface area contributed by atoms with Gasteiger partial charge in [0.1, 0.15) is 11.5 Å². The first-order chi connectivity index (χ1) is 14.2. The first-order valence-electron chi connectivity index (χ1n) is 9.97. The number of H-pyrrole nitrogens is 1. The van der Waals surface area contributed by atoms with Crippen molar-refractivity contribution in [2.75, 3.05) is 24.5 Å². The van der Waals surface area contributed by atoms with Gasteiger partial charge in [-0.2, -0.15) is 10.2 Å². The van der Waals surface area contributed by atoms with Crippen LogP contribution in [0.4, 0.5) is 5.82 Å². The number of nitrogens with one attached hydrogen (secondary N) is 1. The van der Waals surface area contributed by atoms with Crippen LogP contribution in [0, 0.1) is 5.92 Å². The third-order valence-corrected chi connectivity index (χ3v) is 5.70. The highest BCUT2D eigenvalue weighted by molar-refractivity contribution is 5.93. The molecule has 4 aromatic heterocycles. The van der Waals surface area contributed by atoms with Crippen molar-refractivity contribution in [2.45, 2.75) is 12.8 Å². The molecule has 0 radical (unpaired) electrons. The number of piperidine rings is 1. The van der Waals surface area contributed by atoms with Gasteiger partial charge in [-0.3, -0.25) is 14.8 Å². The molecule has 1 fully saturated rings. The number of hydrogen-bond acceptors (Lipinski definition) is 6. The summed E-state index contributed by atoms with van der Waals surface area (Å²) in [6.07, 6.45) is 7.83. The fourth-order valence-electron chi connectivity index (χ4n) is 3.95. The molecule has 1 saturated heterocycles. The summed E-state index contributed by atoms with van der Waals surface area (Å²) in [6, 6.07) is 8.18. The fraction of sp³-hybridized carbons (Fsp3) is 0.333. The molecule has 4 aromatic rings. The van der Waals surface area contributed by atoms with E-state index in [1.54, 1.807) is 4.68 Å². The van der Waals surface area contributed by atoms with E-state index in [1.807, 2.05) is 37.8 Å². The monoisotopic (exact) mass is 388 g/mol. The first-order valence-corrected chi connectivity index (χ1v) is 9.97. The molecule has 0 saturated carbocycles. The van der Waals surface area contributed by atoms with Crippen LogP contribution in [0.5, 0.6) is 0 Å². The summed E-state index contributed by atoms with van der Waals surface area (Å²) in [4.78, 5) is 11.8. The summed E-state index contributed by atoms with van der Waals surface area (Å²) in [5, 5.41) is 12.9. The SMILES string of the molecule is Cn1cc(-c2cc3c(-c4cccc(N5CCC(CN)CC5)n4)n[nH]c3cn2)cn1. The Kier molecular flexibility index (Phi) is 4.48. The van der Waals surface area contributed by atoms with Crippen LogP contribution in [0.15, 0.2) is 42.9 Å². The minimum Gasteiger partial charge on any atom is -0.357 e. The average molecular weight is 388 g/mol. The molecule has 1 aliphatic heterocycles. The number of aromatic nitrogens is 6. The number of aryl methyl sites for hydroxylation is 1. The van der Waals surface area contributed by atoms with E-state index in [0.717, 1.165) is 71.8 Å². The Bertz CT molecular complexity index is 1140. The first kappa shape index (κ1) is 17.8. The lowest BCUT2D eigenvalue weighted by Gasteiger charge is -2.32. The Labute approximate surface area is 168 Å². The Balaban J connectivity index is 1.49. The van der Waals surface area contributed by atoms with Crippen molar-refractivity contribution < 1.29 is 0 Å². The second-order valence-corrected chi connectivity index (χ2v) is 7.64. The van der Waals surface area contributed by atoms with Gasteiger partial charge in [-0.25, -0.2) is 4.98 Å². The minimum atomic E-state index is 0.628. The lowest BCUT2D eigenvalue weighted by atomic mass is 9.97. The van der Waals surface area contributed by atoms with Crippen LogP contribution in [0.25, 0.3) is 33.5 Å². The molecule has 0 atom stereocenters. The minimum absolute atomic E-state index is 0.628. The quantitative estimate of drug-likeness (QED) is 0.557. The zero-order valence-electron chi connectivity index (χ0n) is 16.4. The van der Waals surface area contributed by atoms with Crippen molar-refractivity contribution in [2.24, 2.45) is 18.7 Å². The Morgan fingerprint density at radius 2 is 2.03 bits per heavy atom. The van der Waals surface area contributed by atoms with E-state index in [4.69, 9.17) is 10.7 Å². The topological polar surface area (TPSA) is 102 Å². The van der Waals surface area contributed by atoms with E-state index >= 15 is 0 Å². The predicted molar refractivity (Wildman–Crippen MR) is 113 cm³/mol. The Morgan fingerprint density at radius 3 is 2.79 bits per heavy atom. The normalized spacial score (nSPS) is 15.3. The van der Waals surface area contributed by atoms with Gasteiger partial charge in [0.05, 0.1) is 29.3 Å². The maximum Gasteiger partial charge on any atom is 0.129 e. The van der Waals surface area contributed by atoms with Gasteiger partial charge >= 0.3 is 0 Å². The van der Waals surface area contributed by atoms with Gasteiger partial charge in [0.25, 0.3) is 0 Å². The van der Waals surface area contributed by atoms with Crippen molar-refractivity contribution in [1.29, 1.82) is 0 Å². The van der Waals surface area contributed by atoms with Gasteiger partial charge in [0.15, 0.2) is 0 Å². The van der Waals surface area contributed by atoms with E-state index in [-0.39, 0.29) is 0 Å². The van der Waals surface area contributed by atoms with E-state index < -0.39 is 0 Å². The second kappa shape index (κ2) is 7.29. The van der Waals surface area contributed by atoms with Gasteiger partial charge < -0.3 is 10.6 Å². The van der Waals surface area contributed by atoms with Crippen LogP contribution in [-0.2, 0) is 7.05 Å². The molecule has 3 N–H and O–H groups in total. The highest BCUT2D eigenvalue weighted by Gasteiger charge is 2.20. The fourth-order valence-corrected chi connectivity index (χ4v) is 3.95. The smallest absolute Gasteiger partial charge is 0.129 e. The van der Waals surface area contributed by atoms with Crippen LogP contribution in [0.2, 0.25) is 0 Å². The summed E-state index contributed by atoms with van der Waals surface area (Å²) >= 11 is 0. The van der Waals surface area contributed by atoms with E-state index in [9.17, 15) is 0 Å². The van der Waals surface area contributed by atoms with Crippen molar-refractivity contribution in [3.8, 4) is 22.6 Å². The summed E-state index contributed by atoms with van der Waals surface area (Å²) in [5.41, 5.74) is 10.3. The van der Waals surface area contributed by atoms with Gasteiger partial charge in [0.2, 0.25) is 0 Å². The highest BCUT2D eigenvalue weighted by Crippen LogP contribution is 2.30. The lowest BCUT2D eigenvalue weighted by molar-refractivity contribution is 0.413. The number of anilines is 1. The number of fused-ring (bicyclic) bond motifs is 1. The number of hydrogen-bond donors (Lipinski definition) is 2. The molecule has 0 spiro atoms. The molecular formula is C21H24N8. The summed E-state index contributed by atoms with van der Waals surface area (Å²) < 4.78 is 1.77. The van der Waals surface area contributed by atoms with Gasteiger partial charge in [-0.15, -0.1) is 0 Å². The number of aromatic amines is 1. The van der Waals surface area contributed by atoms with Crippen LogP contribution in [0.1, 0.15) is 12.8 Å². The van der Waals surface area contributed by atoms with Crippen LogP contribution in [0.3, 0.4) is 0 Å². The molecular weight excluding hydrogens is 364 g/mol. The van der Waals surface area contributed by atoms with Crippen LogP contribution < -0.4 is 10.6 Å². The largest absolute Gasteiger partial charge is 0.357 e. The summed E-state index contributed by atoms with van der Waals surface area (Å²) in [6.45, 7) is 2.76. The van der Waals surface area contributed by atoms with Crippen LogP contribution in [-0.4, -0.2) is 49.6 Å². The number of nitrogens with zero attached hydrogens (tertiary/aromatic N) is 6. The molecule has 29 heavy (non-hydrogen) atoms. The molecule has 8 heteroatoms. The molecule has 148 valence electrons. The second-order valence-electron chi connectivity index (χ2n) is 7.64. The number of pyridine rings is 2. The van der Waals surface area contributed by atoms with Crippen molar-refractivity contribution in [3.63, 3.8) is 0 Å². The van der Waals surface area contributed by atoms with E-state index in [1.165, 1.54) is 0 Å². The van der Waals surface area contributed by atoms with Crippen LogP contribution >= 0.6 is 0 Å². The van der Waals surface area contributed by atoms with E-state index in [2.05, 4.69) is 37.3 Å². The maximum atomic E-state index is 5.83. The molecule has 5 heterocycles.